The number of phenolic OH excluding ortho intramolecular Hbond substituents is 1. The molecule has 0 bridgehead atoms. The quantitative estimate of drug-likeness (QED) is 0.281. The predicted molar refractivity (Wildman–Crippen MR) is 98.3 cm³/mol. The minimum absolute atomic E-state index is 0.00108. The minimum Gasteiger partial charge on any atom is -0.506 e. The number of anilines is 2. The normalized spacial score (nSPS) is 11.9. The molecule has 0 saturated heterocycles. The Morgan fingerprint density at radius 1 is 1.22 bits per heavy atom. The third-order valence-corrected chi connectivity index (χ3v) is 4.36. The van der Waals surface area contributed by atoms with E-state index in [-0.39, 0.29) is 34.4 Å². The molecule has 10 nitrogen and oxygen atoms in total. The first-order valence-corrected chi connectivity index (χ1v) is 8.97. The maximum atomic E-state index is 11.7. The Morgan fingerprint density at radius 2 is 1.93 bits per heavy atom. The lowest BCUT2D eigenvalue weighted by molar-refractivity contribution is -0.111. The molecule has 0 radical (unpaired) electrons. The number of hydrogen-bond donors (Lipinski definition) is 4. The summed E-state index contributed by atoms with van der Waals surface area (Å²) < 4.78 is 27.1. The molecule has 0 aliphatic rings. The van der Waals surface area contributed by atoms with Crippen molar-refractivity contribution in [3.8, 4) is 5.75 Å². The summed E-state index contributed by atoms with van der Waals surface area (Å²) in [5, 5.41) is 13.7. The molecule has 27 heavy (non-hydrogen) atoms. The van der Waals surface area contributed by atoms with Gasteiger partial charge in [-0.1, -0.05) is 18.2 Å². The van der Waals surface area contributed by atoms with Gasteiger partial charge in [0.05, 0.1) is 16.3 Å². The molecule has 0 amide bonds. The number of phenols is 1. The van der Waals surface area contributed by atoms with Gasteiger partial charge in [0.15, 0.2) is 5.78 Å². The Kier molecular flexibility index (Phi) is 6.85. The predicted octanol–water partition coefficient (Wildman–Crippen LogP) is 1.37. The van der Waals surface area contributed by atoms with Crippen molar-refractivity contribution in [2.24, 2.45) is 11.0 Å². The van der Waals surface area contributed by atoms with Gasteiger partial charge >= 0.3 is 10.1 Å². The van der Waals surface area contributed by atoms with Crippen molar-refractivity contribution < 1.29 is 27.4 Å². The summed E-state index contributed by atoms with van der Waals surface area (Å²) in [6.45, 7) is 1.11. The highest BCUT2D eigenvalue weighted by Crippen LogP contribution is 2.26. The molecule has 0 saturated carbocycles. The minimum atomic E-state index is -4.16. The van der Waals surface area contributed by atoms with Crippen LogP contribution in [-0.4, -0.2) is 31.6 Å². The van der Waals surface area contributed by atoms with Crippen LogP contribution in [0.5, 0.6) is 5.75 Å². The van der Waals surface area contributed by atoms with E-state index in [4.69, 9.17) is 10.7 Å². The van der Waals surface area contributed by atoms with Gasteiger partial charge in [-0.3, -0.25) is 20.5 Å². The maximum absolute atomic E-state index is 11.7. The number of aromatic hydroxyl groups is 1. The van der Waals surface area contributed by atoms with Crippen LogP contribution in [0.2, 0.25) is 0 Å². The molecule has 0 aromatic heterocycles. The Bertz CT molecular complexity index is 931. The largest absolute Gasteiger partial charge is 0.506 e. The zero-order valence-electron chi connectivity index (χ0n) is 14.2. The zero-order valence-corrected chi connectivity index (χ0v) is 15.1. The average Bonchev–Trinajstić information content (AvgIpc) is 2.66. The van der Waals surface area contributed by atoms with Crippen LogP contribution in [0.1, 0.15) is 6.92 Å². The molecule has 0 unspecified atom stereocenters. The molecule has 144 valence electrons. The van der Waals surface area contributed by atoms with E-state index in [9.17, 15) is 18.3 Å². The van der Waals surface area contributed by atoms with Gasteiger partial charge in [0.25, 0.3) is 0 Å². The average molecular weight is 394 g/mol. The Morgan fingerprint density at radius 3 is 2.56 bits per heavy atom. The van der Waals surface area contributed by atoms with Crippen LogP contribution in [0.4, 0.5) is 11.4 Å². The number of rotatable bonds is 9. The second-order valence-electron chi connectivity index (χ2n) is 5.21. The van der Waals surface area contributed by atoms with Crippen LogP contribution >= 0.6 is 0 Å². The monoisotopic (exact) mass is 394 g/mol. The third kappa shape index (κ3) is 5.76. The molecular formula is C16H18N4O6S. The summed E-state index contributed by atoms with van der Waals surface area (Å²) in [5.74, 6) is 4.05. The van der Waals surface area contributed by atoms with Crippen LogP contribution in [-0.2, 0) is 24.0 Å². The number of Topliss-reactive ketones (excluding diaryl/α,β-unsaturated/α-hetero) is 1. The number of nitrogens with zero attached hydrogens (tertiary/aromatic N) is 1. The highest BCUT2D eigenvalue weighted by molar-refractivity contribution is 7.86. The van der Waals surface area contributed by atoms with E-state index in [1.807, 2.05) is 18.2 Å². The van der Waals surface area contributed by atoms with Crippen LogP contribution in [0.3, 0.4) is 0 Å². The van der Waals surface area contributed by atoms with E-state index in [1.165, 1.54) is 6.92 Å². The lowest BCUT2D eigenvalue weighted by atomic mass is 10.3. The van der Waals surface area contributed by atoms with Gasteiger partial charge in [-0.25, -0.2) is 0 Å². The summed E-state index contributed by atoms with van der Waals surface area (Å²) in [4.78, 5) is 16.6. The van der Waals surface area contributed by atoms with Crippen molar-refractivity contribution >= 4 is 33.0 Å². The topological polar surface area (TPSA) is 152 Å². The molecule has 2 rings (SSSR count). The second kappa shape index (κ2) is 9.09. The van der Waals surface area contributed by atoms with Gasteiger partial charge in [-0.05, 0) is 30.3 Å². The number of para-hydroxylation sites is 1. The first kappa shape index (κ1) is 20.3. The molecule has 0 aliphatic carbocycles. The molecule has 0 spiro atoms. The van der Waals surface area contributed by atoms with Crippen molar-refractivity contribution in [1.29, 1.82) is 0 Å². The van der Waals surface area contributed by atoms with E-state index in [0.29, 0.717) is 5.69 Å². The van der Waals surface area contributed by atoms with E-state index in [0.717, 1.165) is 18.2 Å². The van der Waals surface area contributed by atoms with Crippen molar-refractivity contribution in [1.82, 2.24) is 0 Å². The molecule has 2 aromatic rings. The Hall–Kier alpha value is -2.99. The van der Waals surface area contributed by atoms with Crippen molar-refractivity contribution in [2.45, 2.75) is 11.8 Å². The highest BCUT2D eigenvalue weighted by Gasteiger charge is 2.16. The molecular weight excluding hydrogens is 376 g/mol. The van der Waals surface area contributed by atoms with E-state index in [1.54, 1.807) is 12.1 Å². The zero-order chi connectivity index (χ0) is 19.9. The lowest BCUT2D eigenvalue weighted by Crippen LogP contribution is -2.21. The number of carbonyl (C=O) groups is 1. The van der Waals surface area contributed by atoms with E-state index >= 15 is 0 Å². The van der Waals surface area contributed by atoms with Crippen molar-refractivity contribution in [3.63, 3.8) is 0 Å². The summed E-state index contributed by atoms with van der Waals surface area (Å²) in [6.07, 6.45) is 0. The molecule has 5 N–H and O–H groups in total. The molecule has 0 heterocycles. The van der Waals surface area contributed by atoms with E-state index < -0.39 is 10.1 Å². The number of hydrogen-bond acceptors (Lipinski definition) is 10. The highest BCUT2D eigenvalue weighted by atomic mass is 32.2. The molecule has 11 heteroatoms. The molecule has 0 fully saturated rings. The van der Waals surface area contributed by atoms with Gasteiger partial charge in [0.2, 0.25) is 0 Å². The fraction of sp³-hybridized carbons (Fsp3) is 0.125. The van der Waals surface area contributed by atoms with E-state index in [2.05, 4.69) is 20.3 Å². The fourth-order valence-electron chi connectivity index (χ4n) is 1.85. The summed E-state index contributed by atoms with van der Waals surface area (Å²) in [5.41, 5.74) is 5.70. The van der Waals surface area contributed by atoms with Gasteiger partial charge in [-0.2, -0.15) is 23.7 Å². The van der Waals surface area contributed by atoms with Crippen molar-refractivity contribution in [3.05, 3.63) is 48.5 Å². The Labute approximate surface area is 155 Å². The summed E-state index contributed by atoms with van der Waals surface area (Å²) in [6, 6.07) is 12.3. The van der Waals surface area contributed by atoms with Crippen LogP contribution in [0.25, 0.3) is 0 Å². The number of nitrogens with two attached hydrogens (primary N) is 1. The molecule has 2 aromatic carbocycles. The molecule has 0 aliphatic heterocycles. The van der Waals surface area contributed by atoms with Crippen molar-refractivity contribution in [2.75, 3.05) is 17.5 Å². The number of hydrazone groups is 1. The first-order chi connectivity index (χ1) is 12.8. The van der Waals surface area contributed by atoms with Gasteiger partial charge in [0.1, 0.15) is 18.1 Å². The lowest BCUT2D eigenvalue weighted by Gasteiger charge is -2.09. The fourth-order valence-corrected chi connectivity index (χ4v) is 2.46. The smallest absolute Gasteiger partial charge is 0.312 e. The van der Waals surface area contributed by atoms with Gasteiger partial charge in [-0.15, -0.1) is 0 Å². The number of nitrogens with one attached hydrogen (secondary N) is 2. The van der Waals surface area contributed by atoms with Crippen LogP contribution in [0, 0.1) is 0 Å². The summed E-state index contributed by atoms with van der Waals surface area (Å²) in [7, 11) is -4.16. The number of benzene rings is 2. The standard InChI is InChI=1S/C16H18N4O6S/c1-11(21)15(10-25-20-12-5-3-2-4-6-12)19-18-14-9-13(7-8-16(14)22)27(23,24)26-17/h2-9,18,20,22H,10,17H2,1H3. The Balaban J connectivity index is 2.10. The number of ketones is 1. The number of carbonyl (C=O) groups excluding carboxylic acids is 1. The van der Waals surface area contributed by atoms with Crippen LogP contribution < -0.4 is 16.8 Å². The van der Waals surface area contributed by atoms with Gasteiger partial charge in [0, 0.05) is 6.92 Å². The second-order valence-corrected chi connectivity index (χ2v) is 6.78. The maximum Gasteiger partial charge on any atom is 0.312 e. The SMILES string of the molecule is CC(=O)C(CONc1ccccc1)=NNc1cc(S(=O)(=O)ON)ccc1O. The van der Waals surface area contributed by atoms with Gasteiger partial charge < -0.3 is 5.11 Å². The molecule has 0 atom stereocenters. The summed E-state index contributed by atoms with van der Waals surface area (Å²) >= 11 is 0. The first-order valence-electron chi connectivity index (χ1n) is 7.56. The third-order valence-electron chi connectivity index (χ3n) is 3.27. The van der Waals surface area contributed by atoms with Crippen LogP contribution in [0.15, 0.2) is 58.5 Å².